The summed E-state index contributed by atoms with van der Waals surface area (Å²) in [7, 11) is 0. The lowest BCUT2D eigenvalue weighted by atomic mass is 9.71. The van der Waals surface area contributed by atoms with Gasteiger partial charge in [-0.05, 0) is 12.8 Å². The van der Waals surface area contributed by atoms with Crippen molar-refractivity contribution in [2.45, 2.75) is 57.2 Å². The van der Waals surface area contributed by atoms with E-state index in [0.29, 0.717) is 25.7 Å². The quantitative estimate of drug-likeness (QED) is 0.785. The summed E-state index contributed by atoms with van der Waals surface area (Å²) in [6, 6.07) is -1.61. The van der Waals surface area contributed by atoms with Crippen molar-refractivity contribution in [1.29, 1.82) is 0 Å². The van der Waals surface area contributed by atoms with Gasteiger partial charge >= 0.3 is 18.1 Å². The smallest absolute Gasteiger partial charge is 0.471 e. The van der Waals surface area contributed by atoms with Crippen molar-refractivity contribution < 1.29 is 27.9 Å². The van der Waals surface area contributed by atoms with Gasteiger partial charge < -0.3 is 10.4 Å². The van der Waals surface area contributed by atoms with Crippen molar-refractivity contribution in [2.24, 2.45) is 5.41 Å². The minimum Gasteiger partial charge on any atom is -0.480 e. The fourth-order valence-corrected chi connectivity index (χ4v) is 2.84. The van der Waals surface area contributed by atoms with Gasteiger partial charge in [0.25, 0.3) is 0 Å². The van der Waals surface area contributed by atoms with Crippen LogP contribution in [0.2, 0.25) is 0 Å². The second-order valence-electron chi connectivity index (χ2n) is 5.45. The Kier molecular flexibility index (Phi) is 5.80. The van der Waals surface area contributed by atoms with E-state index in [1.165, 1.54) is 6.08 Å². The largest absolute Gasteiger partial charge is 0.480 e. The van der Waals surface area contributed by atoms with Gasteiger partial charge in [0.05, 0.1) is 0 Å². The maximum Gasteiger partial charge on any atom is 0.471 e. The predicted octanol–water partition coefficient (Wildman–Crippen LogP) is 3.03. The van der Waals surface area contributed by atoms with Gasteiger partial charge in [-0.25, -0.2) is 4.79 Å². The molecule has 21 heavy (non-hydrogen) atoms. The van der Waals surface area contributed by atoms with Crippen molar-refractivity contribution in [2.75, 3.05) is 0 Å². The van der Waals surface area contributed by atoms with E-state index in [-0.39, 0.29) is 0 Å². The third-order valence-corrected chi connectivity index (χ3v) is 4.05. The Hall–Kier alpha value is -1.53. The summed E-state index contributed by atoms with van der Waals surface area (Å²) in [4.78, 5) is 22.5. The standard InChI is InChI=1S/C14H20F3NO3/c1-2-13(8-6-4-3-5-7-9-13)10(11(19)20)18-12(21)14(15,16)17/h2,10H,1,3-9H2,(H,18,21)(H,19,20)/t10-/m1/s1. The number of alkyl halides is 3. The summed E-state index contributed by atoms with van der Waals surface area (Å²) < 4.78 is 37.1. The molecule has 0 aromatic carbocycles. The van der Waals surface area contributed by atoms with Crippen LogP contribution in [0.3, 0.4) is 0 Å². The van der Waals surface area contributed by atoms with Gasteiger partial charge in [-0.1, -0.05) is 38.2 Å². The minimum absolute atomic E-state index is 0.408. The number of carbonyl (C=O) groups is 2. The molecule has 0 aliphatic heterocycles. The van der Waals surface area contributed by atoms with Crippen LogP contribution in [0.1, 0.15) is 44.9 Å². The van der Waals surface area contributed by atoms with E-state index in [1.54, 1.807) is 5.32 Å². The number of carbonyl (C=O) groups excluding carboxylic acids is 1. The molecule has 1 aliphatic rings. The lowest BCUT2D eigenvalue weighted by Crippen LogP contribution is -2.55. The van der Waals surface area contributed by atoms with E-state index in [0.717, 1.165) is 19.3 Å². The number of hydrogen-bond donors (Lipinski definition) is 2. The summed E-state index contributed by atoms with van der Waals surface area (Å²) in [6.45, 7) is 3.61. The first kappa shape index (κ1) is 17.5. The van der Waals surface area contributed by atoms with E-state index in [1.807, 2.05) is 0 Å². The first-order chi connectivity index (χ1) is 9.73. The summed E-state index contributed by atoms with van der Waals surface area (Å²) in [5.41, 5.74) is -1.03. The van der Waals surface area contributed by atoms with E-state index >= 15 is 0 Å². The molecule has 0 unspecified atom stereocenters. The van der Waals surface area contributed by atoms with Crippen molar-refractivity contribution in [3.8, 4) is 0 Å². The molecule has 1 amide bonds. The molecule has 0 bridgehead atoms. The van der Waals surface area contributed by atoms with Crippen molar-refractivity contribution >= 4 is 11.9 Å². The molecule has 0 aromatic rings. The number of amides is 1. The Morgan fingerprint density at radius 3 is 2.00 bits per heavy atom. The number of carboxylic acids is 1. The van der Waals surface area contributed by atoms with Crippen LogP contribution >= 0.6 is 0 Å². The lowest BCUT2D eigenvalue weighted by Gasteiger charge is -2.38. The predicted molar refractivity (Wildman–Crippen MR) is 70.6 cm³/mol. The molecule has 7 heteroatoms. The number of nitrogens with one attached hydrogen (secondary N) is 1. The van der Waals surface area contributed by atoms with Crippen LogP contribution in [-0.2, 0) is 9.59 Å². The van der Waals surface area contributed by atoms with Gasteiger partial charge in [0, 0.05) is 5.41 Å². The molecule has 2 N–H and O–H groups in total. The molecule has 4 nitrogen and oxygen atoms in total. The maximum absolute atomic E-state index is 12.4. The van der Waals surface area contributed by atoms with Gasteiger partial charge in [-0.15, -0.1) is 6.58 Å². The molecule has 0 saturated heterocycles. The van der Waals surface area contributed by atoms with Crippen LogP contribution in [0.4, 0.5) is 13.2 Å². The third kappa shape index (κ3) is 4.47. The van der Waals surface area contributed by atoms with Crippen LogP contribution in [0.25, 0.3) is 0 Å². The summed E-state index contributed by atoms with van der Waals surface area (Å²) in [5, 5.41) is 10.9. The molecule has 0 radical (unpaired) electrons. The highest BCUT2D eigenvalue weighted by atomic mass is 19.4. The second-order valence-corrected chi connectivity index (χ2v) is 5.45. The molecule has 0 aromatic heterocycles. The summed E-state index contributed by atoms with van der Waals surface area (Å²) in [5.74, 6) is -3.69. The van der Waals surface area contributed by atoms with E-state index in [9.17, 15) is 27.9 Å². The highest BCUT2D eigenvalue weighted by molar-refractivity contribution is 5.87. The molecule has 0 spiro atoms. The normalized spacial score (nSPS) is 20.7. The van der Waals surface area contributed by atoms with Crippen molar-refractivity contribution in [3.63, 3.8) is 0 Å². The zero-order valence-corrected chi connectivity index (χ0v) is 11.7. The minimum atomic E-state index is -5.10. The average Bonchev–Trinajstić information content (AvgIpc) is 2.35. The number of aliphatic carboxylic acids is 1. The summed E-state index contributed by atoms with van der Waals surface area (Å²) in [6.07, 6.45) is 1.35. The molecular formula is C14H20F3NO3. The van der Waals surface area contributed by atoms with Crippen LogP contribution in [0.15, 0.2) is 12.7 Å². The average molecular weight is 307 g/mol. The zero-order chi connectivity index (χ0) is 16.1. The van der Waals surface area contributed by atoms with E-state index < -0.39 is 29.5 Å². The fourth-order valence-electron chi connectivity index (χ4n) is 2.84. The number of rotatable bonds is 4. The fraction of sp³-hybridized carbons (Fsp3) is 0.714. The number of halogens is 3. The highest BCUT2D eigenvalue weighted by Crippen LogP contribution is 2.39. The van der Waals surface area contributed by atoms with Gasteiger partial charge in [0.1, 0.15) is 6.04 Å². The number of carboxylic acid groups (broad SMARTS) is 1. The van der Waals surface area contributed by atoms with Crippen LogP contribution in [-0.4, -0.2) is 29.2 Å². The molecule has 120 valence electrons. The van der Waals surface area contributed by atoms with Crippen LogP contribution in [0.5, 0.6) is 0 Å². The van der Waals surface area contributed by atoms with Gasteiger partial charge in [0.15, 0.2) is 0 Å². The molecule has 1 fully saturated rings. The topological polar surface area (TPSA) is 66.4 Å². The van der Waals surface area contributed by atoms with Crippen LogP contribution < -0.4 is 5.32 Å². The molecule has 1 saturated carbocycles. The third-order valence-electron chi connectivity index (χ3n) is 4.05. The first-order valence-corrected chi connectivity index (χ1v) is 6.97. The van der Waals surface area contributed by atoms with Crippen molar-refractivity contribution in [1.82, 2.24) is 5.32 Å². The number of hydrogen-bond acceptors (Lipinski definition) is 2. The van der Waals surface area contributed by atoms with E-state index in [2.05, 4.69) is 6.58 Å². The zero-order valence-electron chi connectivity index (χ0n) is 11.7. The molecule has 1 aliphatic carbocycles. The van der Waals surface area contributed by atoms with Gasteiger partial charge in [-0.3, -0.25) is 4.79 Å². The Morgan fingerprint density at radius 2 is 1.62 bits per heavy atom. The highest BCUT2D eigenvalue weighted by Gasteiger charge is 2.47. The molecule has 1 atom stereocenters. The maximum atomic E-state index is 12.4. The Bertz CT molecular complexity index is 399. The molecule has 0 heterocycles. The SMILES string of the molecule is C=CC1([C@H](NC(=O)C(F)(F)F)C(=O)O)CCCCCCC1. The van der Waals surface area contributed by atoms with Crippen LogP contribution in [0, 0.1) is 5.41 Å². The second kappa shape index (κ2) is 6.95. The Labute approximate surface area is 121 Å². The Balaban J connectivity index is 3.01. The molecular weight excluding hydrogens is 287 g/mol. The van der Waals surface area contributed by atoms with E-state index in [4.69, 9.17) is 0 Å². The first-order valence-electron chi connectivity index (χ1n) is 6.97. The monoisotopic (exact) mass is 307 g/mol. The van der Waals surface area contributed by atoms with Gasteiger partial charge in [0.2, 0.25) is 0 Å². The molecule has 1 rings (SSSR count). The van der Waals surface area contributed by atoms with Crippen molar-refractivity contribution in [3.05, 3.63) is 12.7 Å². The summed E-state index contributed by atoms with van der Waals surface area (Å²) >= 11 is 0. The van der Waals surface area contributed by atoms with Gasteiger partial charge in [-0.2, -0.15) is 13.2 Å². The Morgan fingerprint density at radius 1 is 1.14 bits per heavy atom. The lowest BCUT2D eigenvalue weighted by molar-refractivity contribution is -0.176.